The van der Waals surface area contributed by atoms with Crippen LogP contribution in [0.4, 0.5) is 50.1 Å². The van der Waals surface area contributed by atoms with Crippen LogP contribution in [0.15, 0.2) is 155 Å². The molecule has 0 saturated heterocycles. The van der Waals surface area contributed by atoms with Crippen molar-refractivity contribution in [2.24, 2.45) is 20.5 Å². The molecule has 6 N–H and O–H groups in total. The van der Waals surface area contributed by atoms with E-state index in [1.54, 1.807) is 36.4 Å². The number of azo groups is 2. The second-order valence-corrected chi connectivity index (χ2v) is 21.8. The molecule has 8 aromatic rings. The van der Waals surface area contributed by atoms with Gasteiger partial charge in [-0.3, -0.25) is 28.3 Å². The molecule has 0 aliphatic carbocycles. The molecule has 0 unspecified atom stereocenters. The van der Waals surface area contributed by atoms with E-state index in [0.29, 0.717) is 17.7 Å². The fourth-order valence-electron chi connectivity index (χ4n) is 7.24. The number of anilines is 4. The number of aromatic nitrogens is 1. The summed E-state index contributed by atoms with van der Waals surface area (Å²) in [5, 5.41) is 56.1. The number of nitro benzene ring substituents is 1. The molecule has 73 heavy (non-hydrogen) atoms. The predicted octanol–water partition coefficient (Wildman–Crippen LogP) is 10.4. The van der Waals surface area contributed by atoms with Crippen LogP contribution in [-0.2, 0) is 40.5 Å². The van der Waals surface area contributed by atoms with E-state index in [9.17, 15) is 72.5 Å². The molecule has 29 heteroatoms. The van der Waals surface area contributed by atoms with Gasteiger partial charge in [-0.25, -0.2) is 4.98 Å². The lowest BCUT2D eigenvalue weighted by molar-refractivity contribution is -0.384. The second-order valence-electron chi connectivity index (χ2n) is 15.2. The Morgan fingerprint density at radius 3 is 1.68 bits per heavy atom. The topological polar surface area (TPSA) is 395 Å². The van der Waals surface area contributed by atoms with Gasteiger partial charge in [0, 0.05) is 45.4 Å². The van der Waals surface area contributed by atoms with E-state index in [2.05, 4.69) is 42.1 Å². The summed E-state index contributed by atoms with van der Waals surface area (Å²) in [6.07, 6.45) is 0. The molecule has 8 rings (SSSR count). The molecule has 2 aromatic heterocycles. The molecule has 0 radical (unpaired) electrons. The number of nitriles is 2. The highest BCUT2D eigenvalue weighted by atomic mass is 32.2. The fraction of sp³-hybridized carbons (Fsp3) is 0.0227. The number of pyridine rings is 1. The third-order valence-electron chi connectivity index (χ3n) is 10.6. The number of hydrogen-bond donors (Lipinski definition) is 6. The molecule has 24 nitrogen and oxygen atoms in total. The standard InChI is InChI=1S/C44H28N10O14S5/c1-23-35(21-45)41(47-27-8-12-31(13-9-27)70(57,58)59)49-42(48-28-10-14-32(15-11-28)71(60,61)62)40(23)51-52-43-36(22-46)39(26-7-6-24-4-2-3-5-25(24)16-26)44(69-43)53-50-29-17-33-34(37(18-29)72(63,64)65)19-30(54(55)56)20-38(33)73(66,67)68/h2-20H,1H3,(H2,47,48,49)(H,57,58,59)(H,60,61,62)(H,63,64,65)(H,66,67,68). The van der Waals surface area contributed by atoms with E-state index >= 15 is 0 Å². The first-order valence-electron chi connectivity index (χ1n) is 20.1. The monoisotopic (exact) mass is 1080 g/mol. The lowest BCUT2D eigenvalue weighted by atomic mass is 10.00. The molecule has 0 fully saturated rings. The van der Waals surface area contributed by atoms with Gasteiger partial charge in [0.25, 0.3) is 46.2 Å². The highest BCUT2D eigenvalue weighted by molar-refractivity contribution is 7.86. The van der Waals surface area contributed by atoms with Crippen molar-refractivity contribution in [3.8, 4) is 23.3 Å². The Hall–Kier alpha value is -8.49. The zero-order chi connectivity index (χ0) is 52.8. The quantitative estimate of drug-likeness (QED) is 0.0255. The fourth-order valence-corrected chi connectivity index (χ4v) is 10.6. The maximum absolute atomic E-state index is 12.7. The third kappa shape index (κ3) is 10.7. The summed E-state index contributed by atoms with van der Waals surface area (Å²) < 4.78 is 137. The van der Waals surface area contributed by atoms with Crippen LogP contribution in [0.3, 0.4) is 0 Å². The summed E-state index contributed by atoms with van der Waals surface area (Å²) in [4.78, 5) is 12.2. The van der Waals surface area contributed by atoms with E-state index in [4.69, 9.17) is 0 Å². The van der Waals surface area contributed by atoms with Crippen molar-refractivity contribution in [1.29, 1.82) is 10.5 Å². The van der Waals surface area contributed by atoms with E-state index in [1.165, 1.54) is 31.2 Å². The Morgan fingerprint density at radius 1 is 0.603 bits per heavy atom. The SMILES string of the molecule is Cc1c(C#N)c(Nc2ccc(S(=O)(=O)O)cc2)nc(Nc2ccc(S(=O)(=O)O)cc2)c1N=Nc1sc(N=Nc2cc(S(=O)(=O)O)c3cc([N+](=O)[O-])cc(S(=O)(=O)O)c3c2)c(-c2ccc3ccccc3c2)c1C#N. The maximum atomic E-state index is 12.7. The van der Waals surface area contributed by atoms with Crippen molar-refractivity contribution in [3.05, 3.63) is 142 Å². The zero-order valence-corrected chi connectivity index (χ0v) is 40.5. The molecule has 6 aromatic carbocycles. The van der Waals surface area contributed by atoms with E-state index in [0.717, 1.165) is 58.5 Å². The predicted molar refractivity (Wildman–Crippen MR) is 263 cm³/mol. The Labute approximate surface area is 416 Å². The van der Waals surface area contributed by atoms with E-state index in [-0.39, 0.29) is 61.0 Å². The van der Waals surface area contributed by atoms with Gasteiger partial charge in [0.1, 0.15) is 38.2 Å². The van der Waals surface area contributed by atoms with Crippen molar-refractivity contribution in [3.63, 3.8) is 0 Å². The average Bonchev–Trinajstić information content (AvgIpc) is 3.68. The number of fused-ring (bicyclic) bond motifs is 2. The van der Waals surface area contributed by atoms with Crippen molar-refractivity contribution >= 4 is 123 Å². The molecule has 0 bridgehead atoms. The van der Waals surface area contributed by atoms with Crippen LogP contribution in [0.1, 0.15) is 16.7 Å². The minimum atomic E-state index is -5.28. The molecule has 0 atom stereocenters. The summed E-state index contributed by atoms with van der Waals surface area (Å²) in [5.41, 5.74) is -0.706. The van der Waals surface area contributed by atoms with Gasteiger partial charge in [-0.15, -0.1) is 20.5 Å². The first-order chi connectivity index (χ1) is 34.3. The number of nitro groups is 1. The summed E-state index contributed by atoms with van der Waals surface area (Å²) in [6.45, 7) is 1.48. The number of benzene rings is 6. The van der Waals surface area contributed by atoms with Gasteiger partial charge in [0.2, 0.25) is 0 Å². The Kier molecular flexibility index (Phi) is 13.4. The summed E-state index contributed by atoms with van der Waals surface area (Å²) in [7, 11) is -19.7. The Morgan fingerprint density at radius 2 is 1.14 bits per heavy atom. The van der Waals surface area contributed by atoms with Crippen LogP contribution < -0.4 is 10.6 Å². The van der Waals surface area contributed by atoms with Crippen LogP contribution in [0, 0.1) is 39.7 Å². The lowest BCUT2D eigenvalue weighted by Gasteiger charge is -2.16. The minimum Gasteiger partial charge on any atom is -0.339 e. The average molecular weight is 1080 g/mol. The van der Waals surface area contributed by atoms with Crippen molar-refractivity contribution < 1.29 is 56.8 Å². The van der Waals surface area contributed by atoms with Gasteiger partial charge >= 0.3 is 0 Å². The molecular formula is C44H28N10O14S5. The molecule has 0 spiro atoms. The number of thiophene rings is 1. The van der Waals surface area contributed by atoms with Crippen LogP contribution in [0.25, 0.3) is 32.7 Å². The third-order valence-corrected chi connectivity index (χ3v) is 15.1. The maximum Gasteiger partial charge on any atom is 0.295 e. The van der Waals surface area contributed by atoms with E-state index < -0.39 is 87.1 Å². The number of non-ortho nitro benzene ring substituents is 1. The summed E-state index contributed by atoms with van der Waals surface area (Å²) >= 11 is 0.731. The normalized spacial score (nSPS) is 12.3. The molecule has 0 aliphatic rings. The smallest absolute Gasteiger partial charge is 0.295 e. The number of nitrogens with zero attached hydrogens (tertiary/aromatic N) is 8. The van der Waals surface area contributed by atoms with Crippen molar-refractivity contribution in [2.75, 3.05) is 10.6 Å². The van der Waals surface area contributed by atoms with E-state index in [1.807, 2.05) is 12.1 Å². The van der Waals surface area contributed by atoms with Gasteiger partial charge in [0.05, 0.1) is 26.0 Å². The Balaban J connectivity index is 1.31. The lowest BCUT2D eigenvalue weighted by Crippen LogP contribution is -2.05. The first-order valence-corrected chi connectivity index (χ1v) is 26.7. The van der Waals surface area contributed by atoms with Gasteiger partial charge in [-0.2, -0.15) is 44.2 Å². The zero-order valence-electron chi connectivity index (χ0n) is 36.5. The highest BCUT2D eigenvalue weighted by Gasteiger charge is 2.27. The van der Waals surface area contributed by atoms with Crippen LogP contribution in [0.2, 0.25) is 0 Å². The molecular weight excluding hydrogens is 1050 g/mol. The first kappa shape index (κ1) is 50.9. The van der Waals surface area contributed by atoms with Gasteiger partial charge in [-0.1, -0.05) is 47.7 Å². The molecule has 2 heterocycles. The second kappa shape index (κ2) is 19.3. The molecule has 0 amide bonds. The number of nitrogens with one attached hydrogen (secondary N) is 2. The van der Waals surface area contributed by atoms with Crippen molar-refractivity contribution in [1.82, 2.24) is 4.98 Å². The van der Waals surface area contributed by atoms with Crippen LogP contribution in [0.5, 0.6) is 0 Å². The highest BCUT2D eigenvalue weighted by Crippen LogP contribution is 2.49. The number of rotatable bonds is 14. The minimum absolute atomic E-state index is 0.0719. The summed E-state index contributed by atoms with van der Waals surface area (Å²) in [5.74, 6) is -0.222. The van der Waals surface area contributed by atoms with Gasteiger partial charge in [0.15, 0.2) is 16.6 Å². The molecule has 0 aliphatic heterocycles. The number of hydrogen-bond acceptors (Lipinski definition) is 20. The van der Waals surface area contributed by atoms with Crippen LogP contribution in [-0.4, -0.2) is 61.8 Å². The van der Waals surface area contributed by atoms with Gasteiger partial charge in [-0.05, 0) is 90.0 Å². The summed E-state index contributed by atoms with van der Waals surface area (Å²) in [6, 6.07) is 28.8. The van der Waals surface area contributed by atoms with Crippen molar-refractivity contribution in [2.45, 2.75) is 26.5 Å². The van der Waals surface area contributed by atoms with Gasteiger partial charge < -0.3 is 10.6 Å². The van der Waals surface area contributed by atoms with Crippen LogP contribution >= 0.6 is 11.3 Å². The molecule has 0 saturated carbocycles. The Bertz CT molecular complexity index is 4270. The molecule has 368 valence electrons. The largest absolute Gasteiger partial charge is 0.339 e.